The SMILES string of the molecule is CCSC1CCCC1NS(=O)(=O)c1ncn(C)c1Cl. The summed E-state index contributed by atoms with van der Waals surface area (Å²) in [6.07, 6.45) is 4.40. The molecule has 1 N–H and O–H groups in total. The Morgan fingerprint density at radius 3 is 2.89 bits per heavy atom. The van der Waals surface area contributed by atoms with Gasteiger partial charge in [-0.2, -0.15) is 11.8 Å². The number of aromatic nitrogens is 2. The number of nitrogens with one attached hydrogen (secondary N) is 1. The van der Waals surface area contributed by atoms with E-state index in [0.29, 0.717) is 5.25 Å². The Hall–Kier alpha value is -0.240. The Kier molecular flexibility index (Phi) is 4.81. The molecule has 0 aromatic carbocycles. The van der Waals surface area contributed by atoms with Crippen molar-refractivity contribution in [3.63, 3.8) is 0 Å². The van der Waals surface area contributed by atoms with Gasteiger partial charge < -0.3 is 4.57 Å². The number of hydrogen-bond acceptors (Lipinski definition) is 4. The number of imidazole rings is 1. The van der Waals surface area contributed by atoms with Crippen LogP contribution in [0.4, 0.5) is 0 Å². The number of thioether (sulfide) groups is 1. The first-order valence-electron chi connectivity index (χ1n) is 6.26. The third-order valence-electron chi connectivity index (χ3n) is 3.23. The van der Waals surface area contributed by atoms with Crippen LogP contribution in [0.25, 0.3) is 0 Å². The van der Waals surface area contributed by atoms with Crippen LogP contribution in [0, 0.1) is 0 Å². The first kappa shape index (κ1) is 15.2. The Bertz CT molecular complexity index is 544. The molecular weight excluding hydrogens is 306 g/mol. The van der Waals surface area contributed by atoms with E-state index in [2.05, 4.69) is 16.6 Å². The predicted octanol–water partition coefficient (Wildman–Crippen LogP) is 2.03. The maximum Gasteiger partial charge on any atom is 0.261 e. The highest BCUT2D eigenvalue weighted by Gasteiger charge is 2.33. The summed E-state index contributed by atoms with van der Waals surface area (Å²) < 4.78 is 28.8. The molecule has 0 amide bonds. The van der Waals surface area contributed by atoms with Crippen molar-refractivity contribution in [2.24, 2.45) is 7.05 Å². The molecule has 1 aliphatic rings. The summed E-state index contributed by atoms with van der Waals surface area (Å²) in [6.45, 7) is 2.09. The van der Waals surface area contributed by atoms with E-state index in [1.54, 1.807) is 18.8 Å². The second-order valence-corrected chi connectivity index (χ2v) is 8.11. The number of hydrogen-bond donors (Lipinski definition) is 1. The number of nitrogens with zero attached hydrogens (tertiary/aromatic N) is 2. The van der Waals surface area contributed by atoms with Gasteiger partial charge in [0.15, 0.2) is 0 Å². The molecule has 2 unspecified atom stereocenters. The van der Waals surface area contributed by atoms with E-state index in [-0.39, 0.29) is 16.2 Å². The van der Waals surface area contributed by atoms with Crippen molar-refractivity contribution >= 4 is 33.4 Å². The van der Waals surface area contributed by atoms with Gasteiger partial charge in [-0.15, -0.1) is 0 Å². The topological polar surface area (TPSA) is 64.0 Å². The summed E-state index contributed by atoms with van der Waals surface area (Å²) in [5.41, 5.74) is 0. The van der Waals surface area contributed by atoms with Crippen molar-refractivity contribution in [1.29, 1.82) is 0 Å². The highest BCUT2D eigenvalue weighted by atomic mass is 35.5. The zero-order chi connectivity index (χ0) is 14.0. The standard InChI is InChI=1S/C11H18ClN3O2S2/c1-3-18-9-6-4-5-8(9)14-19(16,17)11-10(12)15(2)7-13-11/h7-9,14H,3-6H2,1-2H3. The minimum Gasteiger partial charge on any atom is -0.324 e. The Morgan fingerprint density at radius 1 is 1.58 bits per heavy atom. The predicted molar refractivity (Wildman–Crippen MR) is 78.1 cm³/mol. The minimum absolute atomic E-state index is 0.0203. The molecule has 0 radical (unpaired) electrons. The Morgan fingerprint density at radius 2 is 2.32 bits per heavy atom. The molecule has 1 aromatic heterocycles. The van der Waals surface area contributed by atoms with E-state index in [1.807, 2.05) is 0 Å². The third-order valence-corrected chi connectivity index (χ3v) is 6.53. The molecule has 0 spiro atoms. The van der Waals surface area contributed by atoms with Crippen LogP contribution in [-0.2, 0) is 17.1 Å². The van der Waals surface area contributed by atoms with Crippen molar-refractivity contribution in [1.82, 2.24) is 14.3 Å². The monoisotopic (exact) mass is 323 g/mol. The molecule has 1 saturated carbocycles. The summed E-state index contributed by atoms with van der Waals surface area (Å²) in [7, 11) is -1.97. The molecule has 2 atom stereocenters. The van der Waals surface area contributed by atoms with Crippen molar-refractivity contribution in [2.75, 3.05) is 5.75 Å². The van der Waals surface area contributed by atoms with E-state index >= 15 is 0 Å². The second kappa shape index (κ2) is 6.03. The summed E-state index contributed by atoms with van der Waals surface area (Å²) in [5, 5.41) is 0.413. The van der Waals surface area contributed by atoms with Gasteiger partial charge in [-0.25, -0.2) is 18.1 Å². The highest BCUT2D eigenvalue weighted by molar-refractivity contribution is 8.00. The summed E-state index contributed by atoms with van der Waals surface area (Å²) in [6, 6.07) is -0.0203. The van der Waals surface area contributed by atoms with Crippen molar-refractivity contribution in [2.45, 2.75) is 42.5 Å². The Labute approximate surface area is 123 Å². The first-order valence-corrected chi connectivity index (χ1v) is 9.17. The fourth-order valence-electron chi connectivity index (χ4n) is 2.30. The van der Waals surface area contributed by atoms with E-state index in [4.69, 9.17) is 11.6 Å². The molecule has 0 aliphatic heterocycles. The fourth-order valence-corrected chi connectivity index (χ4v) is 5.33. The molecule has 0 saturated heterocycles. The molecule has 5 nitrogen and oxygen atoms in total. The molecule has 1 aliphatic carbocycles. The number of sulfonamides is 1. The third kappa shape index (κ3) is 3.26. The van der Waals surface area contributed by atoms with Gasteiger partial charge in [0.25, 0.3) is 10.0 Å². The van der Waals surface area contributed by atoms with Crippen LogP contribution in [0.2, 0.25) is 5.15 Å². The van der Waals surface area contributed by atoms with Gasteiger partial charge in [-0.05, 0) is 18.6 Å². The first-order chi connectivity index (χ1) is 8.95. The quantitative estimate of drug-likeness (QED) is 0.900. The Balaban J connectivity index is 2.15. The summed E-state index contributed by atoms with van der Waals surface area (Å²) in [5.74, 6) is 0.993. The molecular formula is C11H18ClN3O2S2. The average molecular weight is 324 g/mol. The molecule has 108 valence electrons. The van der Waals surface area contributed by atoms with Crippen LogP contribution >= 0.6 is 23.4 Å². The normalized spacial score (nSPS) is 23.9. The lowest BCUT2D eigenvalue weighted by molar-refractivity contribution is 0.552. The van der Waals surface area contributed by atoms with Crippen LogP contribution in [-0.4, -0.2) is 35.0 Å². The van der Waals surface area contributed by atoms with Crippen LogP contribution in [0.1, 0.15) is 26.2 Å². The lowest BCUT2D eigenvalue weighted by atomic mass is 10.3. The van der Waals surface area contributed by atoms with Crippen molar-refractivity contribution < 1.29 is 8.42 Å². The van der Waals surface area contributed by atoms with Gasteiger partial charge in [0.1, 0.15) is 5.15 Å². The van der Waals surface area contributed by atoms with E-state index in [0.717, 1.165) is 25.0 Å². The van der Waals surface area contributed by atoms with Crippen LogP contribution < -0.4 is 4.72 Å². The number of rotatable bonds is 5. The molecule has 0 bridgehead atoms. The molecule has 1 aromatic rings. The van der Waals surface area contributed by atoms with Crippen LogP contribution in [0.5, 0.6) is 0 Å². The zero-order valence-electron chi connectivity index (χ0n) is 11.0. The van der Waals surface area contributed by atoms with Gasteiger partial charge in [0.05, 0.1) is 6.33 Å². The van der Waals surface area contributed by atoms with Gasteiger partial charge in [-0.1, -0.05) is 24.9 Å². The van der Waals surface area contributed by atoms with Gasteiger partial charge >= 0.3 is 0 Å². The van der Waals surface area contributed by atoms with E-state index in [9.17, 15) is 8.42 Å². The van der Waals surface area contributed by atoms with E-state index in [1.165, 1.54) is 10.9 Å². The molecule has 8 heteroatoms. The number of aryl methyl sites for hydroxylation is 1. The van der Waals surface area contributed by atoms with Crippen molar-refractivity contribution in [3.05, 3.63) is 11.5 Å². The minimum atomic E-state index is -3.63. The largest absolute Gasteiger partial charge is 0.324 e. The molecule has 1 heterocycles. The summed E-state index contributed by atoms with van der Waals surface area (Å²) in [4.78, 5) is 3.87. The van der Waals surface area contributed by atoms with Gasteiger partial charge in [0.2, 0.25) is 5.03 Å². The molecule has 1 fully saturated rings. The molecule has 19 heavy (non-hydrogen) atoms. The lowest BCUT2D eigenvalue weighted by Crippen LogP contribution is -2.39. The molecule has 2 rings (SSSR count). The smallest absolute Gasteiger partial charge is 0.261 e. The van der Waals surface area contributed by atoms with Crippen LogP contribution in [0.15, 0.2) is 11.4 Å². The number of halogens is 1. The van der Waals surface area contributed by atoms with Crippen LogP contribution in [0.3, 0.4) is 0 Å². The van der Waals surface area contributed by atoms with E-state index < -0.39 is 10.0 Å². The average Bonchev–Trinajstić information content (AvgIpc) is 2.89. The maximum absolute atomic E-state index is 12.3. The van der Waals surface area contributed by atoms with Gasteiger partial charge in [0, 0.05) is 18.3 Å². The highest BCUT2D eigenvalue weighted by Crippen LogP contribution is 2.31. The van der Waals surface area contributed by atoms with Gasteiger partial charge in [-0.3, -0.25) is 0 Å². The lowest BCUT2D eigenvalue weighted by Gasteiger charge is -2.19. The summed E-state index contributed by atoms with van der Waals surface area (Å²) >= 11 is 7.76. The maximum atomic E-state index is 12.3. The fraction of sp³-hybridized carbons (Fsp3) is 0.727. The van der Waals surface area contributed by atoms with Crippen molar-refractivity contribution in [3.8, 4) is 0 Å². The second-order valence-electron chi connectivity index (χ2n) is 4.60. The zero-order valence-corrected chi connectivity index (χ0v) is 13.4.